The summed E-state index contributed by atoms with van der Waals surface area (Å²) in [5.41, 5.74) is 2.91. The molecule has 0 spiro atoms. The highest BCUT2D eigenvalue weighted by Crippen LogP contribution is 2.45. The Morgan fingerprint density at radius 3 is 2.26 bits per heavy atom. The van der Waals surface area contributed by atoms with Crippen LogP contribution in [0.4, 0.5) is 14.5 Å². The molecule has 0 radical (unpaired) electrons. The molecule has 1 saturated carbocycles. The van der Waals surface area contributed by atoms with Crippen molar-refractivity contribution >= 4 is 38.4 Å². The maximum absolute atomic E-state index is 13.7. The normalized spacial score (nSPS) is 17.3. The van der Waals surface area contributed by atoms with E-state index in [1.807, 2.05) is 0 Å². The Morgan fingerprint density at radius 1 is 1.00 bits per heavy atom. The second-order valence-electron chi connectivity index (χ2n) is 10.9. The molecule has 2 atom stereocenters. The topological polar surface area (TPSA) is 96.7 Å². The summed E-state index contributed by atoms with van der Waals surface area (Å²) in [5.74, 6) is -1.32. The zero-order chi connectivity index (χ0) is 30.2. The molecule has 42 heavy (non-hydrogen) atoms. The highest BCUT2D eigenvalue weighted by Gasteiger charge is 2.32. The van der Waals surface area contributed by atoms with Crippen molar-refractivity contribution in [3.05, 3.63) is 89.0 Å². The number of furan rings is 1. The summed E-state index contributed by atoms with van der Waals surface area (Å²) in [6.45, 7) is 0. The van der Waals surface area contributed by atoms with Gasteiger partial charge in [-0.2, -0.15) is 0 Å². The van der Waals surface area contributed by atoms with Crippen molar-refractivity contribution in [3.63, 3.8) is 0 Å². The lowest BCUT2D eigenvalue weighted by Gasteiger charge is -2.31. The lowest BCUT2D eigenvalue weighted by Crippen LogP contribution is -2.28. The number of anilines is 1. The Kier molecular flexibility index (Phi) is 8.19. The van der Waals surface area contributed by atoms with Crippen molar-refractivity contribution in [2.45, 2.75) is 38.0 Å². The van der Waals surface area contributed by atoms with E-state index in [1.54, 1.807) is 24.3 Å². The first-order valence-electron chi connectivity index (χ1n) is 13.8. The van der Waals surface area contributed by atoms with E-state index in [9.17, 15) is 26.8 Å². The lowest BCUT2D eigenvalue weighted by atomic mass is 9.75. The molecule has 1 aliphatic rings. The van der Waals surface area contributed by atoms with Gasteiger partial charge in [0.25, 0.3) is 5.91 Å². The molecular formula is C32H32F2N2O5S. The second kappa shape index (κ2) is 11.7. The van der Waals surface area contributed by atoms with E-state index >= 15 is 0 Å². The number of benzene rings is 3. The number of hydrogen-bond donors (Lipinski definition) is 1. The van der Waals surface area contributed by atoms with Crippen LogP contribution in [0, 0.1) is 17.6 Å². The van der Waals surface area contributed by atoms with Gasteiger partial charge in [-0.1, -0.05) is 18.6 Å². The zero-order valence-electron chi connectivity index (χ0n) is 23.6. The number of ketones is 1. The standard InChI is InChI=1S/C32H32F2N2O5S/c1-35-32(38)30-26-17-25(21-5-4-6-22(16-21)28(37)15-19-7-11-23(33)12-8-19)27(36(2)42(3,39)40)18-29(26)41-31(30)20-9-13-24(34)14-10-20/h7-14,17-18,21-22H,4-6,15-16H2,1-3H3,(H,35,38)/t21-,22?/m1/s1. The molecule has 1 fully saturated rings. The maximum atomic E-state index is 13.7. The molecule has 1 N–H and O–H groups in total. The number of amides is 1. The van der Waals surface area contributed by atoms with E-state index in [0.717, 1.165) is 24.7 Å². The molecule has 0 bridgehead atoms. The first-order chi connectivity index (χ1) is 20.0. The number of hydrogen-bond acceptors (Lipinski definition) is 5. The zero-order valence-corrected chi connectivity index (χ0v) is 24.4. The molecule has 1 aromatic heterocycles. The van der Waals surface area contributed by atoms with E-state index in [4.69, 9.17) is 4.42 Å². The van der Waals surface area contributed by atoms with Gasteiger partial charge in [-0.15, -0.1) is 0 Å². The molecule has 1 unspecified atom stereocenters. The molecule has 5 rings (SSSR count). The molecule has 1 amide bonds. The van der Waals surface area contributed by atoms with Crippen LogP contribution in [0.2, 0.25) is 0 Å². The number of fused-ring (bicyclic) bond motifs is 1. The van der Waals surface area contributed by atoms with Crippen LogP contribution in [0.5, 0.6) is 0 Å². The van der Waals surface area contributed by atoms with Gasteiger partial charge in [0.15, 0.2) is 0 Å². The highest BCUT2D eigenvalue weighted by molar-refractivity contribution is 7.92. The van der Waals surface area contributed by atoms with Crippen LogP contribution < -0.4 is 9.62 Å². The van der Waals surface area contributed by atoms with Crippen LogP contribution in [0.3, 0.4) is 0 Å². The maximum Gasteiger partial charge on any atom is 0.255 e. The number of halogens is 2. The number of nitrogens with zero attached hydrogens (tertiary/aromatic N) is 1. The van der Waals surface area contributed by atoms with Gasteiger partial charge in [0.05, 0.1) is 17.5 Å². The van der Waals surface area contributed by atoms with Gasteiger partial charge in [-0.3, -0.25) is 13.9 Å². The van der Waals surface area contributed by atoms with Crippen molar-refractivity contribution < 1.29 is 31.2 Å². The van der Waals surface area contributed by atoms with E-state index in [2.05, 4.69) is 5.32 Å². The van der Waals surface area contributed by atoms with Gasteiger partial charge in [0.1, 0.15) is 28.8 Å². The predicted octanol–water partition coefficient (Wildman–Crippen LogP) is 6.22. The SMILES string of the molecule is CNC(=O)c1c(-c2ccc(F)cc2)oc2cc(N(C)S(C)(=O)=O)c([C@@H]3CCCC(C(=O)Cc4ccc(F)cc4)C3)cc12. The molecule has 1 aliphatic carbocycles. The second-order valence-corrected chi connectivity index (χ2v) is 12.9. The van der Waals surface area contributed by atoms with Crippen molar-refractivity contribution in [3.8, 4) is 11.3 Å². The summed E-state index contributed by atoms with van der Waals surface area (Å²) < 4.78 is 59.7. The molecule has 1 heterocycles. The van der Waals surface area contributed by atoms with Crippen LogP contribution in [-0.2, 0) is 21.2 Å². The summed E-state index contributed by atoms with van der Waals surface area (Å²) in [6.07, 6.45) is 4.01. The molecule has 220 valence electrons. The van der Waals surface area contributed by atoms with E-state index in [1.165, 1.54) is 54.8 Å². The number of carbonyl (C=O) groups is 2. The molecule has 10 heteroatoms. The van der Waals surface area contributed by atoms with Gasteiger partial charge in [0, 0.05) is 43.5 Å². The van der Waals surface area contributed by atoms with Gasteiger partial charge in [-0.25, -0.2) is 17.2 Å². The summed E-state index contributed by atoms with van der Waals surface area (Å²) >= 11 is 0. The molecule has 0 aliphatic heterocycles. The summed E-state index contributed by atoms with van der Waals surface area (Å²) in [6, 6.07) is 14.9. The predicted molar refractivity (Wildman–Crippen MR) is 158 cm³/mol. The minimum atomic E-state index is -3.67. The van der Waals surface area contributed by atoms with Crippen molar-refractivity contribution in [2.24, 2.45) is 5.92 Å². The van der Waals surface area contributed by atoms with Crippen LogP contribution in [-0.4, -0.2) is 40.5 Å². The largest absolute Gasteiger partial charge is 0.455 e. The number of Topliss-reactive ketones (excluding diaryl/α,β-unsaturated/α-hetero) is 1. The van der Waals surface area contributed by atoms with Crippen molar-refractivity contribution in [1.29, 1.82) is 0 Å². The van der Waals surface area contributed by atoms with Gasteiger partial charge in [0.2, 0.25) is 10.0 Å². The Morgan fingerprint density at radius 2 is 1.64 bits per heavy atom. The van der Waals surface area contributed by atoms with Gasteiger partial charge >= 0.3 is 0 Å². The minimum absolute atomic E-state index is 0.0540. The van der Waals surface area contributed by atoms with Gasteiger partial charge in [-0.05, 0) is 78.8 Å². The molecular weight excluding hydrogens is 562 g/mol. The molecule has 7 nitrogen and oxygen atoms in total. The smallest absolute Gasteiger partial charge is 0.255 e. The fourth-order valence-corrected chi connectivity index (χ4v) is 6.31. The summed E-state index contributed by atoms with van der Waals surface area (Å²) in [5, 5.41) is 3.14. The molecule has 4 aromatic rings. The van der Waals surface area contributed by atoms with Crippen LogP contribution in [0.1, 0.15) is 53.1 Å². The first-order valence-corrected chi connectivity index (χ1v) is 15.6. The Balaban J connectivity index is 1.60. The number of sulfonamides is 1. The average Bonchev–Trinajstić information content (AvgIpc) is 3.35. The number of rotatable bonds is 8. The monoisotopic (exact) mass is 594 g/mol. The third-order valence-electron chi connectivity index (χ3n) is 8.10. The summed E-state index contributed by atoms with van der Waals surface area (Å²) in [4.78, 5) is 26.4. The first kappa shape index (κ1) is 29.4. The van der Waals surface area contributed by atoms with E-state index in [0.29, 0.717) is 40.6 Å². The number of nitrogens with one attached hydrogen (secondary N) is 1. The third kappa shape index (κ3) is 5.94. The highest BCUT2D eigenvalue weighted by atomic mass is 32.2. The molecule has 3 aromatic carbocycles. The fraction of sp³-hybridized carbons (Fsp3) is 0.312. The van der Waals surface area contributed by atoms with Crippen LogP contribution in [0.25, 0.3) is 22.3 Å². The van der Waals surface area contributed by atoms with E-state index in [-0.39, 0.29) is 41.2 Å². The lowest BCUT2D eigenvalue weighted by molar-refractivity contribution is -0.123. The quantitative estimate of drug-likeness (QED) is 0.261. The van der Waals surface area contributed by atoms with E-state index < -0.39 is 21.7 Å². The van der Waals surface area contributed by atoms with Crippen LogP contribution >= 0.6 is 0 Å². The van der Waals surface area contributed by atoms with Crippen molar-refractivity contribution in [2.75, 3.05) is 24.7 Å². The van der Waals surface area contributed by atoms with Crippen molar-refractivity contribution in [1.82, 2.24) is 5.32 Å². The summed E-state index contributed by atoms with van der Waals surface area (Å²) in [7, 11) is -0.705. The van der Waals surface area contributed by atoms with Gasteiger partial charge < -0.3 is 9.73 Å². The number of carbonyl (C=O) groups excluding carboxylic acids is 2. The Bertz CT molecular complexity index is 1750. The molecule has 0 saturated heterocycles. The van der Waals surface area contributed by atoms with Crippen LogP contribution in [0.15, 0.2) is 65.1 Å². The Labute approximate surface area is 243 Å². The minimum Gasteiger partial charge on any atom is -0.455 e. The Hall–Kier alpha value is -4.05. The third-order valence-corrected chi connectivity index (χ3v) is 9.29. The fourth-order valence-electron chi connectivity index (χ4n) is 5.79. The average molecular weight is 595 g/mol.